The predicted molar refractivity (Wildman–Crippen MR) is 180 cm³/mol. The molecule has 3 N–H and O–H groups in total. The monoisotopic (exact) mass is 641 g/mol. The van der Waals surface area contributed by atoms with Crippen molar-refractivity contribution in [1.82, 2.24) is 4.90 Å². The maximum atomic E-state index is 13.9. The second kappa shape index (κ2) is 16.8. The molecule has 0 saturated carbocycles. The molecule has 0 spiro atoms. The summed E-state index contributed by atoms with van der Waals surface area (Å²) in [5, 5.41) is 11.2. The van der Waals surface area contributed by atoms with E-state index in [1.54, 1.807) is 28.3 Å². The summed E-state index contributed by atoms with van der Waals surface area (Å²) in [5.41, 5.74) is 8.58. The zero-order chi connectivity index (χ0) is 33.3. The predicted octanol–water partition coefficient (Wildman–Crippen LogP) is 4.36. The van der Waals surface area contributed by atoms with E-state index in [0.29, 0.717) is 45.6 Å². The van der Waals surface area contributed by atoms with Crippen LogP contribution in [0.15, 0.2) is 42.5 Å². The summed E-state index contributed by atoms with van der Waals surface area (Å²) in [6.07, 6.45) is 2.20. The first-order valence-corrected chi connectivity index (χ1v) is 16.6. The largest absolute Gasteiger partial charge is 0.497 e. The highest BCUT2D eigenvalue weighted by molar-refractivity contribution is 5.82. The van der Waals surface area contributed by atoms with Crippen LogP contribution in [0.25, 0.3) is 0 Å². The lowest BCUT2D eigenvalue weighted by Gasteiger charge is -2.47. The summed E-state index contributed by atoms with van der Waals surface area (Å²) >= 11 is 0. The number of nitrogens with two attached hydrogens (primary N) is 1. The zero-order valence-electron chi connectivity index (χ0n) is 28.6. The number of piperidine rings is 1. The molecule has 2 aliphatic rings. The lowest BCUT2D eigenvalue weighted by molar-refractivity contribution is -0.145. The normalized spacial score (nSPS) is 21.8. The Morgan fingerprint density at radius 3 is 2.57 bits per heavy atom. The first-order valence-electron chi connectivity index (χ1n) is 16.6. The van der Waals surface area contributed by atoms with Crippen molar-refractivity contribution in [1.29, 1.82) is 0 Å². The van der Waals surface area contributed by atoms with E-state index in [2.05, 4.69) is 43.0 Å². The molecular formula is C36H55N3O7. The first kappa shape index (κ1) is 36.0. The van der Waals surface area contributed by atoms with Gasteiger partial charge in [-0.3, -0.25) is 4.79 Å². The Kier molecular flexibility index (Phi) is 13.1. The molecule has 2 aromatic rings. The summed E-state index contributed by atoms with van der Waals surface area (Å²) < 4.78 is 28.7. The summed E-state index contributed by atoms with van der Waals surface area (Å²) in [6, 6.07) is 13.4. The van der Waals surface area contributed by atoms with Gasteiger partial charge in [0.05, 0.1) is 50.3 Å². The fourth-order valence-corrected chi connectivity index (χ4v) is 6.82. The van der Waals surface area contributed by atoms with Crippen LogP contribution in [0, 0.1) is 5.92 Å². The molecule has 46 heavy (non-hydrogen) atoms. The number of anilines is 1. The van der Waals surface area contributed by atoms with Crippen molar-refractivity contribution in [3.05, 3.63) is 53.6 Å². The Morgan fingerprint density at radius 2 is 1.89 bits per heavy atom. The number of hydrogen-bond donors (Lipinski definition) is 2. The van der Waals surface area contributed by atoms with Gasteiger partial charge in [0.15, 0.2) is 0 Å². The van der Waals surface area contributed by atoms with Crippen LogP contribution in [0.2, 0.25) is 0 Å². The summed E-state index contributed by atoms with van der Waals surface area (Å²) in [5.74, 6) is 1.81. The van der Waals surface area contributed by atoms with Crippen LogP contribution < -0.4 is 20.1 Å². The number of hydrogen-bond acceptors (Lipinski definition) is 9. The van der Waals surface area contributed by atoms with E-state index in [1.807, 2.05) is 23.1 Å². The van der Waals surface area contributed by atoms with E-state index in [-0.39, 0.29) is 36.5 Å². The van der Waals surface area contributed by atoms with E-state index in [1.165, 1.54) is 0 Å². The van der Waals surface area contributed by atoms with Crippen molar-refractivity contribution < 1.29 is 33.6 Å². The van der Waals surface area contributed by atoms with Gasteiger partial charge in [-0.15, -0.1) is 0 Å². The minimum absolute atomic E-state index is 0.0221. The van der Waals surface area contributed by atoms with Crippen LogP contribution >= 0.6 is 0 Å². The van der Waals surface area contributed by atoms with Crippen molar-refractivity contribution >= 4 is 11.6 Å². The van der Waals surface area contributed by atoms with E-state index in [0.717, 1.165) is 47.8 Å². The third-order valence-corrected chi connectivity index (χ3v) is 9.02. The molecular weight excluding hydrogens is 586 g/mol. The molecule has 1 fully saturated rings. The first-order chi connectivity index (χ1) is 22.0. The van der Waals surface area contributed by atoms with Crippen LogP contribution in [0.5, 0.6) is 11.5 Å². The van der Waals surface area contributed by atoms with E-state index < -0.39 is 11.6 Å². The SMILES string of the molecule is COCCCN1CCOc2ccc(CO[C@H]3CN(C(=O)[C@@H](N)CC(C)C)[C@@H](CC(C)(O)COC)C[C@@H]3c3ccc(OC)cc3)cc21. The van der Waals surface area contributed by atoms with E-state index in [4.69, 9.17) is 29.4 Å². The lowest BCUT2D eigenvalue weighted by Crippen LogP contribution is -2.58. The van der Waals surface area contributed by atoms with Crippen LogP contribution in [-0.2, 0) is 25.6 Å². The number of carbonyl (C=O) groups excluding carboxylic acids is 1. The topological polar surface area (TPSA) is 116 Å². The maximum Gasteiger partial charge on any atom is 0.239 e. The highest BCUT2D eigenvalue weighted by Gasteiger charge is 2.43. The average molecular weight is 642 g/mol. The van der Waals surface area contributed by atoms with Crippen molar-refractivity contribution in [3.63, 3.8) is 0 Å². The van der Waals surface area contributed by atoms with Gasteiger partial charge in [0.25, 0.3) is 0 Å². The number of carbonyl (C=O) groups is 1. The van der Waals surface area contributed by atoms with Crippen molar-refractivity contribution in [2.45, 2.75) is 82.8 Å². The van der Waals surface area contributed by atoms with Crippen molar-refractivity contribution in [3.8, 4) is 11.5 Å². The van der Waals surface area contributed by atoms with Crippen LogP contribution in [0.4, 0.5) is 5.69 Å². The molecule has 0 bridgehead atoms. The van der Waals surface area contributed by atoms with Gasteiger partial charge in [0, 0.05) is 45.9 Å². The molecule has 2 aromatic carbocycles. The summed E-state index contributed by atoms with van der Waals surface area (Å²) in [7, 11) is 4.96. The van der Waals surface area contributed by atoms with Gasteiger partial charge in [-0.2, -0.15) is 0 Å². The highest BCUT2D eigenvalue weighted by Crippen LogP contribution is 2.39. The zero-order valence-corrected chi connectivity index (χ0v) is 28.6. The number of amides is 1. The average Bonchev–Trinajstić information content (AvgIpc) is 3.03. The van der Waals surface area contributed by atoms with Gasteiger partial charge >= 0.3 is 0 Å². The molecule has 4 rings (SSSR count). The molecule has 1 unspecified atom stereocenters. The quantitative estimate of drug-likeness (QED) is 0.258. The number of ether oxygens (including phenoxy) is 5. The molecule has 1 saturated heterocycles. The molecule has 0 aromatic heterocycles. The lowest BCUT2D eigenvalue weighted by atomic mass is 9.79. The smallest absolute Gasteiger partial charge is 0.239 e. The number of rotatable bonds is 16. The van der Waals surface area contributed by atoms with Gasteiger partial charge in [0.1, 0.15) is 18.1 Å². The minimum Gasteiger partial charge on any atom is -0.497 e. The third kappa shape index (κ3) is 9.58. The Bertz CT molecular complexity index is 1240. The molecule has 1 amide bonds. The molecule has 5 atom stereocenters. The second-order valence-electron chi connectivity index (χ2n) is 13.5. The number of likely N-dealkylation sites (tertiary alicyclic amines) is 1. The Labute approximate surface area is 275 Å². The van der Waals surface area contributed by atoms with Gasteiger partial charge in [-0.1, -0.05) is 32.0 Å². The summed E-state index contributed by atoms with van der Waals surface area (Å²) in [4.78, 5) is 18.1. The van der Waals surface area contributed by atoms with Crippen LogP contribution in [0.3, 0.4) is 0 Å². The third-order valence-electron chi connectivity index (χ3n) is 9.02. The number of benzene rings is 2. The van der Waals surface area contributed by atoms with Crippen molar-refractivity contribution in [2.75, 3.05) is 65.7 Å². The molecule has 256 valence electrons. The Balaban J connectivity index is 1.62. The number of methoxy groups -OCH3 is 3. The van der Waals surface area contributed by atoms with Gasteiger partial charge in [0.2, 0.25) is 5.91 Å². The van der Waals surface area contributed by atoms with E-state index in [9.17, 15) is 9.90 Å². The fraction of sp³-hybridized carbons (Fsp3) is 0.639. The molecule has 2 heterocycles. The number of fused-ring (bicyclic) bond motifs is 1. The highest BCUT2D eigenvalue weighted by atomic mass is 16.5. The van der Waals surface area contributed by atoms with Gasteiger partial charge < -0.3 is 44.3 Å². The number of nitrogens with zero attached hydrogens (tertiary/aromatic N) is 2. The standard InChI is InChI=1S/C36H55N3O7/c1-25(2)18-31(37)35(40)39-22-34(46-23-26-8-13-33-32(19-26)38(15-17-45-33)14-7-16-42-4)30(27-9-11-29(44-6)12-10-27)20-28(39)21-36(3,41)24-43-5/h8-13,19,25,28,30-31,34,41H,7,14-18,20-24,37H2,1-6H3/t28-,30-,31+,34+,36?/m1/s1. The van der Waals surface area contributed by atoms with E-state index >= 15 is 0 Å². The molecule has 10 heteroatoms. The van der Waals surface area contributed by atoms with Crippen LogP contribution in [-0.4, -0.2) is 100 Å². The van der Waals surface area contributed by atoms with Crippen LogP contribution in [0.1, 0.15) is 63.5 Å². The molecule has 0 radical (unpaired) electrons. The Hall–Kier alpha value is -2.89. The summed E-state index contributed by atoms with van der Waals surface area (Å²) in [6.45, 7) is 9.89. The molecule has 2 aliphatic heterocycles. The maximum absolute atomic E-state index is 13.9. The van der Waals surface area contributed by atoms with Gasteiger partial charge in [-0.05, 0) is 73.9 Å². The molecule has 10 nitrogen and oxygen atoms in total. The Morgan fingerprint density at radius 1 is 1.13 bits per heavy atom. The van der Waals surface area contributed by atoms with Crippen molar-refractivity contribution in [2.24, 2.45) is 11.7 Å². The number of aliphatic hydroxyl groups is 1. The second-order valence-corrected chi connectivity index (χ2v) is 13.5. The fourth-order valence-electron chi connectivity index (χ4n) is 6.82. The molecule has 0 aliphatic carbocycles. The minimum atomic E-state index is -1.11. The van der Waals surface area contributed by atoms with Gasteiger partial charge in [-0.25, -0.2) is 0 Å².